The van der Waals surface area contributed by atoms with Gasteiger partial charge in [0, 0.05) is 12.0 Å². The van der Waals surface area contributed by atoms with Gasteiger partial charge in [0.05, 0.1) is 31.4 Å². The maximum atomic E-state index is 12.3. The number of aromatic nitrogens is 1. The number of rotatable bonds is 4. The van der Waals surface area contributed by atoms with E-state index in [-0.39, 0.29) is 18.4 Å². The van der Waals surface area contributed by atoms with Crippen molar-refractivity contribution < 1.29 is 18.8 Å². The largest absolute Gasteiger partial charge is 0.490 e. The summed E-state index contributed by atoms with van der Waals surface area (Å²) < 4.78 is 16.4. The standard InChI is InChI=1S/C18H22N2O4/c1-11(19-18(21)10-15-12(2)20-24-13(15)3)14-5-6-16-17(9-14)23-8-4-7-22-16/h5-6,9,11H,4,7-8,10H2,1-3H3,(H,19,21)/t11-/m1/s1. The van der Waals surface area contributed by atoms with E-state index >= 15 is 0 Å². The number of benzene rings is 1. The summed E-state index contributed by atoms with van der Waals surface area (Å²) in [5.41, 5.74) is 2.58. The number of amides is 1. The second kappa shape index (κ2) is 6.95. The second-order valence-electron chi connectivity index (χ2n) is 6.03. The summed E-state index contributed by atoms with van der Waals surface area (Å²) in [6, 6.07) is 5.65. The fraction of sp³-hybridized carbons (Fsp3) is 0.444. The van der Waals surface area contributed by atoms with Crippen molar-refractivity contribution >= 4 is 5.91 Å². The van der Waals surface area contributed by atoms with Crippen LogP contribution in [0.2, 0.25) is 0 Å². The minimum atomic E-state index is -0.130. The smallest absolute Gasteiger partial charge is 0.225 e. The van der Waals surface area contributed by atoms with Crippen LogP contribution < -0.4 is 14.8 Å². The van der Waals surface area contributed by atoms with E-state index in [1.54, 1.807) is 0 Å². The normalized spacial score (nSPS) is 14.8. The summed E-state index contributed by atoms with van der Waals surface area (Å²) in [7, 11) is 0. The number of fused-ring (bicyclic) bond motifs is 1. The van der Waals surface area contributed by atoms with Crippen molar-refractivity contribution in [1.29, 1.82) is 0 Å². The Bertz CT molecular complexity index is 719. The first kappa shape index (κ1) is 16.4. The fourth-order valence-corrected chi connectivity index (χ4v) is 2.74. The maximum Gasteiger partial charge on any atom is 0.225 e. The summed E-state index contributed by atoms with van der Waals surface area (Å²) in [6.07, 6.45) is 1.13. The van der Waals surface area contributed by atoms with Crippen LogP contribution in [0.15, 0.2) is 22.7 Å². The Balaban J connectivity index is 1.67. The highest BCUT2D eigenvalue weighted by molar-refractivity contribution is 5.79. The van der Waals surface area contributed by atoms with Crippen molar-refractivity contribution in [3.63, 3.8) is 0 Å². The van der Waals surface area contributed by atoms with E-state index in [0.717, 1.165) is 34.7 Å². The molecule has 2 heterocycles. The van der Waals surface area contributed by atoms with Gasteiger partial charge in [-0.1, -0.05) is 11.2 Å². The van der Waals surface area contributed by atoms with Crippen molar-refractivity contribution in [2.75, 3.05) is 13.2 Å². The monoisotopic (exact) mass is 330 g/mol. The summed E-state index contributed by atoms with van der Waals surface area (Å²) in [6.45, 7) is 6.91. The molecular weight excluding hydrogens is 308 g/mol. The number of hydrogen-bond acceptors (Lipinski definition) is 5. The van der Waals surface area contributed by atoms with Crippen LogP contribution in [0.4, 0.5) is 0 Å². The van der Waals surface area contributed by atoms with Gasteiger partial charge in [0.1, 0.15) is 5.76 Å². The molecule has 3 rings (SSSR count). The van der Waals surface area contributed by atoms with Crippen LogP contribution in [0, 0.1) is 13.8 Å². The number of carbonyl (C=O) groups is 1. The van der Waals surface area contributed by atoms with E-state index in [4.69, 9.17) is 14.0 Å². The lowest BCUT2D eigenvalue weighted by Gasteiger charge is -2.16. The highest BCUT2D eigenvalue weighted by Crippen LogP contribution is 2.32. The van der Waals surface area contributed by atoms with Gasteiger partial charge in [0.2, 0.25) is 5.91 Å². The van der Waals surface area contributed by atoms with E-state index in [1.807, 2.05) is 39.0 Å². The van der Waals surface area contributed by atoms with Gasteiger partial charge in [-0.05, 0) is 38.5 Å². The van der Waals surface area contributed by atoms with Crippen LogP contribution in [0.25, 0.3) is 0 Å². The molecule has 1 aromatic heterocycles. The van der Waals surface area contributed by atoms with Crippen molar-refractivity contribution in [3.05, 3.63) is 40.8 Å². The molecule has 128 valence electrons. The highest BCUT2D eigenvalue weighted by atomic mass is 16.5. The average molecular weight is 330 g/mol. The van der Waals surface area contributed by atoms with Gasteiger partial charge in [0.25, 0.3) is 0 Å². The van der Waals surface area contributed by atoms with Crippen molar-refractivity contribution in [3.8, 4) is 11.5 Å². The number of hydrogen-bond donors (Lipinski definition) is 1. The van der Waals surface area contributed by atoms with E-state index in [9.17, 15) is 4.79 Å². The second-order valence-corrected chi connectivity index (χ2v) is 6.03. The number of aryl methyl sites for hydroxylation is 2. The number of nitrogens with one attached hydrogen (secondary N) is 1. The Morgan fingerprint density at radius 2 is 2.00 bits per heavy atom. The molecule has 0 spiro atoms. The highest BCUT2D eigenvalue weighted by Gasteiger charge is 2.17. The van der Waals surface area contributed by atoms with E-state index in [2.05, 4.69) is 10.5 Å². The lowest BCUT2D eigenvalue weighted by atomic mass is 10.1. The first-order chi connectivity index (χ1) is 11.5. The van der Waals surface area contributed by atoms with Gasteiger partial charge in [0.15, 0.2) is 11.5 Å². The lowest BCUT2D eigenvalue weighted by Crippen LogP contribution is -2.28. The van der Waals surface area contributed by atoms with E-state index in [0.29, 0.717) is 19.0 Å². The average Bonchev–Trinajstić information content (AvgIpc) is 2.78. The third-order valence-electron chi connectivity index (χ3n) is 4.17. The molecule has 6 nitrogen and oxygen atoms in total. The van der Waals surface area contributed by atoms with Crippen LogP contribution in [0.1, 0.15) is 42.0 Å². The van der Waals surface area contributed by atoms with Crippen LogP contribution in [-0.2, 0) is 11.2 Å². The van der Waals surface area contributed by atoms with Gasteiger partial charge in [-0.2, -0.15) is 0 Å². The molecule has 24 heavy (non-hydrogen) atoms. The topological polar surface area (TPSA) is 73.6 Å². The van der Waals surface area contributed by atoms with Crippen LogP contribution in [0.3, 0.4) is 0 Å². The van der Waals surface area contributed by atoms with Gasteiger partial charge in [-0.3, -0.25) is 4.79 Å². The molecule has 1 atom stereocenters. The van der Waals surface area contributed by atoms with Crippen LogP contribution in [0.5, 0.6) is 11.5 Å². The summed E-state index contributed by atoms with van der Waals surface area (Å²) >= 11 is 0. The Morgan fingerprint density at radius 1 is 1.25 bits per heavy atom. The Hall–Kier alpha value is -2.50. The lowest BCUT2D eigenvalue weighted by molar-refractivity contribution is -0.121. The molecule has 2 aromatic rings. The maximum absolute atomic E-state index is 12.3. The molecule has 1 amide bonds. The van der Waals surface area contributed by atoms with E-state index in [1.165, 1.54) is 0 Å². The third kappa shape index (κ3) is 3.53. The molecule has 0 saturated heterocycles. The summed E-state index contributed by atoms with van der Waals surface area (Å²) in [5.74, 6) is 2.11. The first-order valence-corrected chi connectivity index (χ1v) is 8.15. The van der Waals surface area contributed by atoms with Gasteiger partial charge in [-0.25, -0.2) is 0 Å². The summed E-state index contributed by atoms with van der Waals surface area (Å²) in [4.78, 5) is 12.3. The molecule has 0 aliphatic carbocycles. The number of carbonyl (C=O) groups excluding carboxylic acids is 1. The molecule has 0 saturated carbocycles. The number of ether oxygens (including phenoxy) is 2. The molecule has 1 aromatic carbocycles. The Morgan fingerprint density at radius 3 is 2.71 bits per heavy atom. The molecule has 0 fully saturated rings. The minimum Gasteiger partial charge on any atom is -0.490 e. The van der Waals surface area contributed by atoms with Gasteiger partial charge in [-0.15, -0.1) is 0 Å². The van der Waals surface area contributed by atoms with Gasteiger partial charge >= 0.3 is 0 Å². The zero-order valence-electron chi connectivity index (χ0n) is 14.2. The molecule has 0 bridgehead atoms. The molecule has 1 aliphatic heterocycles. The molecule has 6 heteroatoms. The van der Waals surface area contributed by atoms with Crippen LogP contribution in [-0.4, -0.2) is 24.3 Å². The predicted octanol–water partition coefficient (Wildman–Crippen LogP) is 2.87. The zero-order chi connectivity index (χ0) is 17.1. The van der Waals surface area contributed by atoms with Gasteiger partial charge < -0.3 is 19.3 Å². The SMILES string of the molecule is Cc1noc(C)c1CC(=O)N[C@H](C)c1ccc2c(c1)OCCCO2. The zero-order valence-corrected chi connectivity index (χ0v) is 14.2. The van der Waals surface area contributed by atoms with E-state index < -0.39 is 0 Å². The first-order valence-electron chi connectivity index (χ1n) is 8.15. The van der Waals surface area contributed by atoms with Crippen molar-refractivity contribution in [2.24, 2.45) is 0 Å². The molecule has 0 unspecified atom stereocenters. The minimum absolute atomic E-state index is 0.0657. The molecule has 1 aliphatic rings. The fourth-order valence-electron chi connectivity index (χ4n) is 2.74. The predicted molar refractivity (Wildman–Crippen MR) is 88.3 cm³/mol. The molecular formula is C18H22N2O4. The Labute approximate surface area is 141 Å². The third-order valence-corrected chi connectivity index (χ3v) is 4.17. The quantitative estimate of drug-likeness (QED) is 0.933. The van der Waals surface area contributed by atoms with Crippen molar-refractivity contribution in [2.45, 2.75) is 39.7 Å². The van der Waals surface area contributed by atoms with Crippen LogP contribution >= 0.6 is 0 Å². The number of nitrogens with zero attached hydrogens (tertiary/aromatic N) is 1. The Kier molecular flexibility index (Phi) is 4.74. The van der Waals surface area contributed by atoms with Crippen molar-refractivity contribution in [1.82, 2.24) is 10.5 Å². The molecule has 0 radical (unpaired) electrons. The summed E-state index contributed by atoms with van der Waals surface area (Å²) in [5, 5.41) is 6.88. The molecule has 1 N–H and O–H groups in total.